The summed E-state index contributed by atoms with van der Waals surface area (Å²) in [5.41, 5.74) is -0.0829. The molecule has 5 rings (SSSR count). The summed E-state index contributed by atoms with van der Waals surface area (Å²) >= 11 is 1.25. The second-order valence-corrected chi connectivity index (χ2v) is 9.02. The molecule has 4 aliphatic rings. The predicted octanol–water partition coefficient (Wildman–Crippen LogP) is 2.08. The van der Waals surface area contributed by atoms with Gasteiger partial charge in [0.2, 0.25) is 5.91 Å². The third-order valence-electron chi connectivity index (χ3n) is 5.70. The molecule has 1 aromatic heterocycles. The summed E-state index contributed by atoms with van der Waals surface area (Å²) in [6, 6.07) is -0.355. The van der Waals surface area contributed by atoms with Crippen molar-refractivity contribution in [3.8, 4) is 0 Å². The minimum absolute atomic E-state index is 0.0829. The van der Waals surface area contributed by atoms with Crippen LogP contribution in [0.25, 0.3) is 0 Å². The fraction of sp³-hybridized carbons (Fsp3) is 0.750. The average molecular weight is 349 g/mol. The Labute approximate surface area is 145 Å². The van der Waals surface area contributed by atoms with E-state index < -0.39 is 5.25 Å². The molecule has 130 valence electrons. The molecule has 4 aliphatic carbocycles. The molecule has 3 N–H and O–H groups in total. The monoisotopic (exact) mass is 349 g/mol. The normalized spacial score (nSPS) is 34.8. The summed E-state index contributed by atoms with van der Waals surface area (Å²) in [7, 11) is 0. The van der Waals surface area contributed by atoms with Gasteiger partial charge >= 0.3 is 6.03 Å². The van der Waals surface area contributed by atoms with Gasteiger partial charge in [-0.2, -0.15) is 5.10 Å². The third-order valence-corrected chi connectivity index (χ3v) is 6.69. The van der Waals surface area contributed by atoms with E-state index in [-0.39, 0.29) is 17.5 Å². The highest BCUT2D eigenvalue weighted by atomic mass is 32.2. The highest BCUT2D eigenvalue weighted by Crippen LogP contribution is 2.55. The van der Waals surface area contributed by atoms with Crippen molar-refractivity contribution in [1.82, 2.24) is 25.8 Å². The van der Waals surface area contributed by atoms with Crippen molar-refractivity contribution >= 4 is 23.7 Å². The summed E-state index contributed by atoms with van der Waals surface area (Å²) < 4.78 is 0. The van der Waals surface area contributed by atoms with E-state index in [1.165, 1.54) is 37.4 Å². The van der Waals surface area contributed by atoms with E-state index in [0.29, 0.717) is 5.16 Å². The van der Waals surface area contributed by atoms with Crippen LogP contribution in [0.1, 0.15) is 45.4 Å². The first-order chi connectivity index (χ1) is 11.5. The third kappa shape index (κ3) is 3.16. The number of rotatable bonds is 4. The topological polar surface area (TPSA) is 99.8 Å². The molecular formula is C16H23N5O2S. The Kier molecular flexibility index (Phi) is 4.02. The van der Waals surface area contributed by atoms with Gasteiger partial charge in [-0.05, 0) is 63.2 Å². The zero-order valence-corrected chi connectivity index (χ0v) is 14.6. The van der Waals surface area contributed by atoms with Crippen LogP contribution in [0.15, 0.2) is 11.5 Å². The van der Waals surface area contributed by atoms with Gasteiger partial charge in [-0.1, -0.05) is 11.8 Å². The zero-order valence-electron chi connectivity index (χ0n) is 13.7. The van der Waals surface area contributed by atoms with Gasteiger partial charge < -0.3 is 5.32 Å². The van der Waals surface area contributed by atoms with Crippen molar-refractivity contribution in [3.63, 3.8) is 0 Å². The van der Waals surface area contributed by atoms with Crippen molar-refractivity contribution in [1.29, 1.82) is 0 Å². The molecule has 1 atom stereocenters. The van der Waals surface area contributed by atoms with Crippen LogP contribution in [-0.4, -0.2) is 37.9 Å². The van der Waals surface area contributed by atoms with Crippen LogP contribution in [0.4, 0.5) is 4.79 Å². The maximum atomic E-state index is 12.4. The molecule has 3 amide bonds. The van der Waals surface area contributed by atoms with Crippen molar-refractivity contribution in [2.45, 2.75) is 61.4 Å². The van der Waals surface area contributed by atoms with Gasteiger partial charge in [0.05, 0.1) is 5.25 Å². The maximum Gasteiger partial charge on any atom is 0.321 e. The van der Waals surface area contributed by atoms with E-state index in [2.05, 4.69) is 25.8 Å². The number of nitrogens with zero attached hydrogens (tertiary/aromatic N) is 2. The van der Waals surface area contributed by atoms with Crippen LogP contribution in [-0.2, 0) is 4.79 Å². The van der Waals surface area contributed by atoms with E-state index >= 15 is 0 Å². The van der Waals surface area contributed by atoms with Crippen LogP contribution in [0.3, 0.4) is 0 Å². The standard InChI is InChI=1S/C16H23N5O2S/c1-9(24-15-17-8-18-21-15)13(22)19-14(23)20-16-5-10-2-11(6-16)4-12(3-10)7-16/h8-12H,2-7H2,1H3,(H,17,18,21)(H2,19,20,22,23). The number of amides is 3. The lowest BCUT2D eigenvalue weighted by molar-refractivity contribution is -0.119. The molecule has 4 saturated carbocycles. The number of H-pyrrole nitrogens is 1. The van der Waals surface area contributed by atoms with Gasteiger partial charge in [-0.25, -0.2) is 9.78 Å². The average Bonchev–Trinajstić information content (AvgIpc) is 2.97. The molecule has 0 aromatic carbocycles. The summed E-state index contributed by atoms with van der Waals surface area (Å²) in [6.45, 7) is 1.75. The van der Waals surface area contributed by atoms with Crippen molar-refractivity contribution < 1.29 is 9.59 Å². The smallest absolute Gasteiger partial charge is 0.321 e. The van der Waals surface area contributed by atoms with Gasteiger partial charge in [0, 0.05) is 5.54 Å². The molecule has 8 heteroatoms. The maximum absolute atomic E-state index is 12.4. The molecule has 0 aliphatic heterocycles. The number of thioether (sulfide) groups is 1. The number of carbonyl (C=O) groups excluding carboxylic acids is 2. The quantitative estimate of drug-likeness (QED) is 0.723. The molecule has 1 unspecified atom stereocenters. The first-order valence-electron chi connectivity index (χ1n) is 8.66. The number of carbonyl (C=O) groups is 2. The molecule has 1 aromatic rings. The minimum atomic E-state index is -0.417. The Morgan fingerprint density at radius 1 is 1.25 bits per heavy atom. The Bertz CT molecular complexity index is 597. The van der Waals surface area contributed by atoms with E-state index in [0.717, 1.165) is 37.0 Å². The molecule has 7 nitrogen and oxygen atoms in total. The van der Waals surface area contributed by atoms with Crippen LogP contribution in [0.2, 0.25) is 0 Å². The van der Waals surface area contributed by atoms with Crippen LogP contribution < -0.4 is 10.6 Å². The molecule has 0 radical (unpaired) electrons. The fourth-order valence-corrected chi connectivity index (χ4v) is 5.94. The lowest BCUT2D eigenvalue weighted by Gasteiger charge is -2.56. The second kappa shape index (κ2) is 6.06. The van der Waals surface area contributed by atoms with Gasteiger partial charge in [0.25, 0.3) is 0 Å². The number of hydrogen-bond donors (Lipinski definition) is 3. The van der Waals surface area contributed by atoms with E-state index in [4.69, 9.17) is 0 Å². The van der Waals surface area contributed by atoms with Gasteiger partial charge in [-0.3, -0.25) is 15.2 Å². The summed E-state index contributed by atoms with van der Waals surface area (Å²) in [5.74, 6) is 1.97. The highest BCUT2D eigenvalue weighted by molar-refractivity contribution is 8.00. The van der Waals surface area contributed by atoms with E-state index in [1.54, 1.807) is 6.92 Å². The first-order valence-corrected chi connectivity index (χ1v) is 9.54. The molecule has 4 fully saturated rings. The zero-order chi connectivity index (χ0) is 16.7. The Morgan fingerprint density at radius 3 is 2.42 bits per heavy atom. The Morgan fingerprint density at radius 2 is 1.88 bits per heavy atom. The van der Waals surface area contributed by atoms with Crippen molar-refractivity contribution in [3.05, 3.63) is 6.33 Å². The lowest BCUT2D eigenvalue weighted by Crippen LogP contribution is -2.62. The van der Waals surface area contributed by atoms with Crippen LogP contribution >= 0.6 is 11.8 Å². The molecule has 24 heavy (non-hydrogen) atoms. The molecule has 4 bridgehead atoms. The Balaban J connectivity index is 1.32. The number of aromatic nitrogens is 3. The largest absolute Gasteiger partial charge is 0.332 e. The van der Waals surface area contributed by atoms with E-state index in [9.17, 15) is 9.59 Å². The lowest BCUT2D eigenvalue weighted by atomic mass is 9.53. The van der Waals surface area contributed by atoms with Crippen molar-refractivity contribution in [2.75, 3.05) is 0 Å². The summed E-state index contributed by atoms with van der Waals surface area (Å²) in [4.78, 5) is 28.5. The molecule has 0 spiro atoms. The predicted molar refractivity (Wildman–Crippen MR) is 89.3 cm³/mol. The van der Waals surface area contributed by atoms with E-state index in [1.807, 2.05) is 0 Å². The molecule has 1 heterocycles. The molecular weight excluding hydrogens is 326 g/mol. The van der Waals surface area contributed by atoms with Crippen molar-refractivity contribution in [2.24, 2.45) is 17.8 Å². The summed E-state index contributed by atoms with van der Waals surface area (Å²) in [6.07, 6.45) is 8.59. The number of imide groups is 1. The SMILES string of the molecule is CC(Sc1ncn[nH]1)C(=O)NC(=O)NC12CC3CC(CC(C3)C1)C2. The van der Waals surface area contributed by atoms with Crippen LogP contribution in [0.5, 0.6) is 0 Å². The second-order valence-electron chi connectivity index (χ2n) is 7.69. The number of aromatic amines is 1. The highest BCUT2D eigenvalue weighted by Gasteiger charge is 2.51. The Hall–Kier alpha value is -1.57. The summed E-state index contributed by atoms with van der Waals surface area (Å²) in [5, 5.41) is 12.3. The fourth-order valence-electron chi connectivity index (χ4n) is 5.22. The minimum Gasteiger partial charge on any atom is -0.332 e. The molecule has 0 saturated heterocycles. The van der Waals surface area contributed by atoms with Gasteiger partial charge in [0.1, 0.15) is 6.33 Å². The first kappa shape index (κ1) is 15.9. The van der Waals surface area contributed by atoms with Gasteiger partial charge in [-0.15, -0.1) is 0 Å². The number of hydrogen-bond acceptors (Lipinski definition) is 5. The van der Waals surface area contributed by atoms with Crippen LogP contribution in [0, 0.1) is 17.8 Å². The number of urea groups is 1. The van der Waals surface area contributed by atoms with Gasteiger partial charge in [0.15, 0.2) is 5.16 Å². The number of nitrogens with one attached hydrogen (secondary N) is 3.